The van der Waals surface area contributed by atoms with Gasteiger partial charge in [-0.1, -0.05) is 20.8 Å². The highest BCUT2D eigenvalue weighted by Crippen LogP contribution is 2.22. The Kier molecular flexibility index (Phi) is 7.50. The van der Waals surface area contributed by atoms with Crippen molar-refractivity contribution in [1.82, 2.24) is 5.32 Å². The first-order chi connectivity index (χ1) is 7.72. The van der Waals surface area contributed by atoms with Gasteiger partial charge in [0.15, 0.2) is 0 Å². The summed E-state index contributed by atoms with van der Waals surface area (Å²) in [7, 11) is 0. The predicted molar refractivity (Wildman–Crippen MR) is 73.2 cm³/mol. The van der Waals surface area contributed by atoms with Gasteiger partial charge >= 0.3 is 0 Å². The molecule has 1 saturated heterocycles. The minimum Gasteiger partial charge on any atom is -0.381 e. The van der Waals surface area contributed by atoms with E-state index in [1.807, 2.05) is 0 Å². The van der Waals surface area contributed by atoms with Crippen LogP contribution in [0.5, 0.6) is 0 Å². The van der Waals surface area contributed by atoms with Crippen molar-refractivity contribution in [3.05, 3.63) is 0 Å². The SMILES string of the molecule is CCNC(CSC(C)C)CC1CCOCC1. The van der Waals surface area contributed by atoms with E-state index in [0.29, 0.717) is 6.04 Å². The van der Waals surface area contributed by atoms with Crippen LogP contribution >= 0.6 is 11.8 Å². The van der Waals surface area contributed by atoms with Crippen LogP contribution in [0.4, 0.5) is 0 Å². The molecule has 1 aliphatic heterocycles. The first kappa shape index (κ1) is 14.3. The maximum absolute atomic E-state index is 5.41. The molecule has 0 aliphatic carbocycles. The van der Waals surface area contributed by atoms with E-state index in [0.717, 1.165) is 30.9 Å². The summed E-state index contributed by atoms with van der Waals surface area (Å²) in [5, 5.41) is 4.37. The van der Waals surface area contributed by atoms with Crippen molar-refractivity contribution in [2.24, 2.45) is 5.92 Å². The van der Waals surface area contributed by atoms with Crippen LogP contribution in [0.1, 0.15) is 40.0 Å². The Morgan fingerprint density at radius 1 is 1.31 bits per heavy atom. The first-order valence-corrected chi connectivity index (χ1v) is 7.70. The van der Waals surface area contributed by atoms with Crippen molar-refractivity contribution < 1.29 is 4.74 Å². The van der Waals surface area contributed by atoms with Gasteiger partial charge in [0.2, 0.25) is 0 Å². The molecule has 2 nitrogen and oxygen atoms in total. The topological polar surface area (TPSA) is 21.3 Å². The smallest absolute Gasteiger partial charge is 0.0468 e. The Hall–Kier alpha value is 0.270. The maximum atomic E-state index is 5.41. The van der Waals surface area contributed by atoms with Crippen LogP contribution in [-0.2, 0) is 4.74 Å². The third-order valence-corrected chi connectivity index (χ3v) is 4.34. The Bertz CT molecular complexity index is 169. The number of hydrogen-bond donors (Lipinski definition) is 1. The fourth-order valence-corrected chi connectivity index (χ4v) is 3.06. The van der Waals surface area contributed by atoms with E-state index in [-0.39, 0.29) is 0 Å². The Morgan fingerprint density at radius 3 is 2.56 bits per heavy atom. The molecule has 0 aromatic rings. The fourth-order valence-electron chi connectivity index (χ4n) is 2.19. The molecule has 1 atom stereocenters. The normalized spacial score (nSPS) is 20.2. The van der Waals surface area contributed by atoms with Crippen molar-refractivity contribution in [3.8, 4) is 0 Å². The average molecular weight is 245 g/mol. The molecule has 0 amide bonds. The second kappa shape index (κ2) is 8.37. The highest BCUT2D eigenvalue weighted by atomic mass is 32.2. The van der Waals surface area contributed by atoms with Gasteiger partial charge in [-0.15, -0.1) is 0 Å². The van der Waals surface area contributed by atoms with E-state index in [9.17, 15) is 0 Å². The molecule has 0 aromatic heterocycles. The lowest BCUT2D eigenvalue weighted by molar-refractivity contribution is 0.0614. The Balaban J connectivity index is 2.25. The summed E-state index contributed by atoms with van der Waals surface area (Å²) in [6.45, 7) is 9.80. The number of hydrogen-bond acceptors (Lipinski definition) is 3. The van der Waals surface area contributed by atoms with Gasteiger partial charge in [-0.3, -0.25) is 0 Å². The van der Waals surface area contributed by atoms with Crippen LogP contribution < -0.4 is 5.32 Å². The minimum absolute atomic E-state index is 0.695. The average Bonchev–Trinajstić information content (AvgIpc) is 2.27. The van der Waals surface area contributed by atoms with E-state index >= 15 is 0 Å². The van der Waals surface area contributed by atoms with Crippen molar-refractivity contribution in [2.75, 3.05) is 25.5 Å². The van der Waals surface area contributed by atoms with E-state index in [1.54, 1.807) is 0 Å². The van der Waals surface area contributed by atoms with Gasteiger partial charge in [0, 0.05) is 25.0 Å². The fraction of sp³-hybridized carbons (Fsp3) is 1.00. The van der Waals surface area contributed by atoms with Gasteiger partial charge in [0.05, 0.1) is 0 Å². The molecule has 0 spiro atoms. The lowest BCUT2D eigenvalue weighted by atomic mass is 9.93. The molecule has 1 aliphatic rings. The van der Waals surface area contributed by atoms with Gasteiger partial charge < -0.3 is 10.1 Å². The number of nitrogens with one attached hydrogen (secondary N) is 1. The largest absolute Gasteiger partial charge is 0.381 e. The summed E-state index contributed by atoms with van der Waals surface area (Å²) < 4.78 is 5.41. The summed E-state index contributed by atoms with van der Waals surface area (Å²) >= 11 is 2.07. The van der Waals surface area contributed by atoms with Crippen LogP contribution in [0, 0.1) is 5.92 Å². The van der Waals surface area contributed by atoms with E-state index < -0.39 is 0 Å². The van der Waals surface area contributed by atoms with Crippen LogP contribution in [0.2, 0.25) is 0 Å². The lowest BCUT2D eigenvalue weighted by Gasteiger charge is -2.27. The van der Waals surface area contributed by atoms with E-state index in [2.05, 4.69) is 37.8 Å². The summed E-state index contributed by atoms with van der Waals surface area (Å²) in [4.78, 5) is 0. The van der Waals surface area contributed by atoms with Gasteiger partial charge in [0.1, 0.15) is 0 Å². The summed E-state index contributed by atoms with van der Waals surface area (Å²) in [5.41, 5.74) is 0. The Morgan fingerprint density at radius 2 is 2.00 bits per heavy atom. The summed E-state index contributed by atoms with van der Waals surface area (Å²) in [6.07, 6.45) is 3.85. The second-order valence-electron chi connectivity index (χ2n) is 4.93. The zero-order valence-electron chi connectivity index (χ0n) is 11.0. The molecule has 3 heteroatoms. The van der Waals surface area contributed by atoms with Crippen LogP contribution in [0.25, 0.3) is 0 Å². The predicted octanol–water partition coefficient (Wildman–Crippen LogP) is 2.92. The van der Waals surface area contributed by atoms with E-state index in [4.69, 9.17) is 4.74 Å². The summed E-state index contributed by atoms with van der Waals surface area (Å²) in [6, 6.07) is 0.695. The molecule has 1 fully saturated rings. The van der Waals surface area contributed by atoms with Crippen molar-refractivity contribution >= 4 is 11.8 Å². The van der Waals surface area contributed by atoms with Gasteiger partial charge in [-0.25, -0.2) is 0 Å². The van der Waals surface area contributed by atoms with Crippen molar-refractivity contribution in [1.29, 1.82) is 0 Å². The first-order valence-electron chi connectivity index (χ1n) is 6.65. The molecule has 96 valence electrons. The zero-order chi connectivity index (χ0) is 11.8. The van der Waals surface area contributed by atoms with Crippen LogP contribution in [0.15, 0.2) is 0 Å². The van der Waals surface area contributed by atoms with Crippen molar-refractivity contribution in [3.63, 3.8) is 0 Å². The van der Waals surface area contributed by atoms with Crippen molar-refractivity contribution in [2.45, 2.75) is 51.3 Å². The standard InChI is InChI=1S/C13H27NOS/c1-4-14-13(10-16-11(2)3)9-12-5-7-15-8-6-12/h11-14H,4-10H2,1-3H3. The molecule has 0 bridgehead atoms. The lowest BCUT2D eigenvalue weighted by Crippen LogP contribution is -2.35. The van der Waals surface area contributed by atoms with Gasteiger partial charge in [-0.2, -0.15) is 11.8 Å². The number of ether oxygens (including phenoxy) is 1. The molecular formula is C13H27NOS. The minimum atomic E-state index is 0.695. The van der Waals surface area contributed by atoms with Gasteiger partial charge in [-0.05, 0) is 37.0 Å². The van der Waals surface area contributed by atoms with Crippen LogP contribution in [0.3, 0.4) is 0 Å². The molecular weight excluding hydrogens is 218 g/mol. The molecule has 0 radical (unpaired) electrons. The maximum Gasteiger partial charge on any atom is 0.0468 e. The number of thioether (sulfide) groups is 1. The quantitative estimate of drug-likeness (QED) is 0.745. The van der Waals surface area contributed by atoms with E-state index in [1.165, 1.54) is 25.0 Å². The third kappa shape index (κ3) is 6.12. The number of rotatable bonds is 7. The molecule has 1 heterocycles. The third-order valence-electron chi connectivity index (χ3n) is 3.08. The highest BCUT2D eigenvalue weighted by molar-refractivity contribution is 7.99. The second-order valence-corrected chi connectivity index (χ2v) is 6.54. The molecule has 1 unspecified atom stereocenters. The van der Waals surface area contributed by atoms with Gasteiger partial charge in [0.25, 0.3) is 0 Å². The molecule has 16 heavy (non-hydrogen) atoms. The monoisotopic (exact) mass is 245 g/mol. The van der Waals surface area contributed by atoms with Crippen LogP contribution in [-0.4, -0.2) is 36.8 Å². The molecule has 0 saturated carbocycles. The Labute approximate surface area is 105 Å². The summed E-state index contributed by atoms with van der Waals surface area (Å²) in [5.74, 6) is 2.13. The molecule has 1 N–H and O–H groups in total. The zero-order valence-corrected chi connectivity index (χ0v) is 11.8. The molecule has 1 rings (SSSR count). The molecule has 0 aromatic carbocycles. The highest BCUT2D eigenvalue weighted by Gasteiger charge is 2.18.